The van der Waals surface area contributed by atoms with E-state index < -0.39 is 0 Å². The molecule has 1 aliphatic heterocycles. The Bertz CT molecular complexity index is 770. The number of aliphatic imine (C=N–C) groups is 1. The highest BCUT2D eigenvalue weighted by Crippen LogP contribution is 2.21. The second kappa shape index (κ2) is 10.9. The summed E-state index contributed by atoms with van der Waals surface area (Å²) >= 11 is 0. The van der Waals surface area contributed by atoms with Crippen LogP contribution in [0, 0.1) is 12.7 Å². The van der Waals surface area contributed by atoms with Crippen LogP contribution in [-0.2, 0) is 11.3 Å². The lowest BCUT2D eigenvalue weighted by atomic mass is 10.0. The van der Waals surface area contributed by atoms with Gasteiger partial charge in [-0.2, -0.15) is 5.10 Å². The summed E-state index contributed by atoms with van der Waals surface area (Å²) in [7, 11) is 1.77. The Kier molecular flexibility index (Phi) is 8.01. The zero-order chi connectivity index (χ0) is 20.5. The van der Waals surface area contributed by atoms with Crippen molar-refractivity contribution in [2.45, 2.75) is 25.9 Å². The standard InChI is InChI=1S/C21H31FN6O/c1-17-14-26-28(16-17)9-3-8-24-21(23-2)25-15-20(27-10-12-29-13-11-27)18-4-6-19(22)7-5-18/h4-7,14,16,20H,3,8-13,15H2,1-2H3,(H2,23,24,25). The maximum atomic E-state index is 13.4. The van der Waals surface area contributed by atoms with E-state index in [2.05, 4.69) is 25.6 Å². The monoisotopic (exact) mass is 402 g/mol. The zero-order valence-electron chi connectivity index (χ0n) is 17.3. The first-order valence-electron chi connectivity index (χ1n) is 10.2. The van der Waals surface area contributed by atoms with Gasteiger partial charge in [0.05, 0.1) is 25.5 Å². The molecule has 1 aromatic carbocycles. The SMILES string of the molecule is CN=C(NCCCn1cc(C)cn1)NCC(c1ccc(F)cc1)N1CCOCC1. The second-order valence-corrected chi connectivity index (χ2v) is 7.23. The highest BCUT2D eigenvalue weighted by atomic mass is 19.1. The number of nitrogens with zero attached hydrogens (tertiary/aromatic N) is 4. The molecule has 1 unspecified atom stereocenters. The number of benzene rings is 1. The molecule has 29 heavy (non-hydrogen) atoms. The molecule has 158 valence electrons. The van der Waals surface area contributed by atoms with Gasteiger partial charge in [-0.15, -0.1) is 0 Å². The highest BCUT2D eigenvalue weighted by Gasteiger charge is 2.23. The third-order valence-electron chi connectivity index (χ3n) is 5.05. The van der Waals surface area contributed by atoms with Gasteiger partial charge in [0.15, 0.2) is 5.96 Å². The van der Waals surface area contributed by atoms with Crippen molar-refractivity contribution in [2.24, 2.45) is 4.99 Å². The molecule has 1 aromatic heterocycles. The van der Waals surface area contributed by atoms with Crippen LogP contribution in [0.1, 0.15) is 23.6 Å². The van der Waals surface area contributed by atoms with E-state index in [1.54, 1.807) is 7.05 Å². The average molecular weight is 403 g/mol. The summed E-state index contributed by atoms with van der Waals surface area (Å²) in [6, 6.07) is 6.89. The Balaban J connectivity index is 1.51. The van der Waals surface area contributed by atoms with Crippen LogP contribution in [-0.4, -0.2) is 67.1 Å². The third kappa shape index (κ3) is 6.54. The number of guanidine groups is 1. The van der Waals surface area contributed by atoms with Gasteiger partial charge in [0.2, 0.25) is 0 Å². The Morgan fingerprint density at radius 3 is 2.66 bits per heavy atom. The molecule has 0 spiro atoms. The van der Waals surface area contributed by atoms with Gasteiger partial charge in [-0.25, -0.2) is 4.39 Å². The Hall–Kier alpha value is -2.45. The number of morpholine rings is 1. The van der Waals surface area contributed by atoms with Crippen LogP contribution in [0.3, 0.4) is 0 Å². The van der Waals surface area contributed by atoms with Gasteiger partial charge in [-0.05, 0) is 36.6 Å². The van der Waals surface area contributed by atoms with Crippen LogP contribution in [0.5, 0.6) is 0 Å². The Labute approximate surface area is 172 Å². The maximum absolute atomic E-state index is 13.4. The van der Waals surface area contributed by atoms with Crippen molar-refractivity contribution < 1.29 is 9.13 Å². The molecular weight excluding hydrogens is 371 g/mol. The van der Waals surface area contributed by atoms with Crippen molar-refractivity contribution in [3.63, 3.8) is 0 Å². The smallest absolute Gasteiger partial charge is 0.191 e. The lowest BCUT2D eigenvalue weighted by molar-refractivity contribution is 0.0170. The van der Waals surface area contributed by atoms with Crippen LogP contribution < -0.4 is 10.6 Å². The topological polar surface area (TPSA) is 66.7 Å². The molecule has 0 aliphatic carbocycles. The van der Waals surface area contributed by atoms with Crippen molar-refractivity contribution in [1.82, 2.24) is 25.3 Å². The Morgan fingerprint density at radius 2 is 2.00 bits per heavy atom. The van der Waals surface area contributed by atoms with Crippen molar-refractivity contribution in [3.8, 4) is 0 Å². The number of aryl methyl sites for hydroxylation is 2. The van der Waals surface area contributed by atoms with Gasteiger partial charge in [0, 0.05) is 46.0 Å². The fourth-order valence-electron chi connectivity index (χ4n) is 3.48. The molecule has 8 heteroatoms. The molecule has 0 bridgehead atoms. The summed E-state index contributed by atoms with van der Waals surface area (Å²) in [4.78, 5) is 6.70. The molecule has 1 saturated heterocycles. The van der Waals surface area contributed by atoms with Crippen LogP contribution in [0.15, 0.2) is 41.7 Å². The molecule has 1 fully saturated rings. The lowest BCUT2D eigenvalue weighted by Crippen LogP contribution is -2.46. The molecule has 2 N–H and O–H groups in total. The van der Waals surface area contributed by atoms with Crippen LogP contribution in [0.4, 0.5) is 4.39 Å². The van der Waals surface area contributed by atoms with Crippen molar-refractivity contribution in [2.75, 3.05) is 46.4 Å². The molecule has 0 saturated carbocycles. The van der Waals surface area contributed by atoms with E-state index in [0.29, 0.717) is 6.54 Å². The van der Waals surface area contributed by atoms with Crippen molar-refractivity contribution in [3.05, 3.63) is 53.6 Å². The molecular formula is C21H31FN6O. The molecule has 7 nitrogen and oxygen atoms in total. The highest BCUT2D eigenvalue weighted by molar-refractivity contribution is 5.79. The number of hydrogen-bond acceptors (Lipinski definition) is 4. The number of aromatic nitrogens is 2. The molecule has 0 radical (unpaired) electrons. The summed E-state index contributed by atoms with van der Waals surface area (Å²) < 4.78 is 20.8. The fraction of sp³-hybridized carbons (Fsp3) is 0.524. The Morgan fingerprint density at radius 1 is 1.24 bits per heavy atom. The first-order valence-corrected chi connectivity index (χ1v) is 10.2. The first kappa shape index (κ1) is 21.3. The quantitative estimate of drug-likeness (QED) is 0.401. The fourth-order valence-corrected chi connectivity index (χ4v) is 3.48. The van der Waals surface area contributed by atoms with Crippen molar-refractivity contribution in [1.29, 1.82) is 0 Å². The third-order valence-corrected chi connectivity index (χ3v) is 5.05. The normalized spacial score (nSPS) is 16.6. The van der Waals surface area contributed by atoms with Gasteiger partial charge in [0.25, 0.3) is 0 Å². The van der Waals surface area contributed by atoms with E-state index in [-0.39, 0.29) is 11.9 Å². The van der Waals surface area contributed by atoms with Crippen molar-refractivity contribution >= 4 is 5.96 Å². The van der Waals surface area contributed by atoms with E-state index >= 15 is 0 Å². The molecule has 2 heterocycles. The second-order valence-electron chi connectivity index (χ2n) is 7.23. The van der Waals surface area contributed by atoms with Crippen LogP contribution in [0.2, 0.25) is 0 Å². The maximum Gasteiger partial charge on any atom is 0.191 e. The van der Waals surface area contributed by atoms with E-state index in [0.717, 1.165) is 57.3 Å². The van der Waals surface area contributed by atoms with Gasteiger partial charge >= 0.3 is 0 Å². The van der Waals surface area contributed by atoms with E-state index in [1.165, 1.54) is 17.7 Å². The predicted molar refractivity (Wildman–Crippen MR) is 112 cm³/mol. The minimum absolute atomic E-state index is 0.130. The van der Waals surface area contributed by atoms with Crippen LogP contribution >= 0.6 is 0 Å². The zero-order valence-corrected chi connectivity index (χ0v) is 17.3. The van der Waals surface area contributed by atoms with Gasteiger partial charge in [-0.1, -0.05) is 12.1 Å². The number of halogens is 1. The molecule has 1 atom stereocenters. The van der Waals surface area contributed by atoms with Gasteiger partial charge in [-0.3, -0.25) is 14.6 Å². The minimum Gasteiger partial charge on any atom is -0.379 e. The summed E-state index contributed by atoms with van der Waals surface area (Å²) in [6.45, 7) is 7.55. The van der Waals surface area contributed by atoms with Gasteiger partial charge < -0.3 is 15.4 Å². The number of rotatable bonds is 8. The van der Waals surface area contributed by atoms with Crippen LogP contribution in [0.25, 0.3) is 0 Å². The van der Waals surface area contributed by atoms with E-state index in [1.807, 2.05) is 36.1 Å². The van der Waals surface area contributed by atoms with Gasteiger partial charge in [0.1, 0.15) is 5.82 Å². The minimum atomic E-state index is -0.215. The number of ether oxygens (including phenoxy) is 1. The lowest BCUT2D eigenvalue weighted by Gasteiger charge is -2.35. The summed E-state index contributed by atoms with van der Waals surface area (Å²) in [5.74, 6) is 0.550. The molecule has 0 amide bonds. The number of hydrogen-bond donors (Lipinski definition) is 2. The molecule has 3 rings (SSSR count). The largest absolute Gasteiger partial charge is 0.379 e. The number of nitrogens with one attached hydrogen (secondary N) is 2. The molecule has 2 aromatic rings. The molecule has 1 aliphatic rings. The first-order chi connectivity index (χ1) is 14.2. The summed E-state index contributed by atoms with van der Waals surface area (Å²) in [5, 5.41) is 11.1. The van der Waals surface area contributed by atoms with E-state index in [9.17, 15) is 4.39 Å². The van der Waals surface area contributed by atoms with E-state index in [4.69, 9.17) is 4.74 Å². The summed E-state index contributed by atoms with van der Waals surface area (Å²) in [6.07, 6.45) is 4.87. The predicted octanol–water partition coefficient (Wildman–Crippen LogP) is 1.96. The average Bonchev–Trinajstić information content (AvgIpc) is 3.16. The summed E-state index contributed by atoms with van der Waals surface area (Å²) in [5.41, 5.74) is 2.26.